The Morgan fingerprint density at radius 3 is 1.96 bits per heavy atom. The number of ether oxygens (including phenoxy) is 2. The van der Waals surface area contributed by atoms with Crippen molar-refractivity contribution in [3.63, 3.8) is 0 Å². The standard InChI is InChI=1S/C22H42O5S/c1-2-3-4-5-6-7-8-9-10-11-12-13-14-15-20(28)27-22-19(25)17-26-21(22)18(24)16-23/h18-19,21-25H,2-17H2,1H3/t18-,19+,21-,22-/m0/s1. The molecule has 0 aromatic carbocycles. The Balaban J connectivity index is 1.96. The van der Waals surface area contributed by atoms with Gasteiger partial charge >= 0.3 is 0 Å². The summed E-state index contributed by atoms with van der Waals surface area (Å²) < 4.78 is 11.0. The van der Waals surface area contributed by atoms with E-state index in [4.69, 9.17) is 26.8 Å². The first-order valence-corrected chi connectivity index (χ1v) is 11.8. The summed E-state index contributed by atoms with van der Waals surface area (Å²) in [5.74, 6) is 0. The predicted octanol–water partition coefficient (Wildman–Crippen LogP) is 4.29. The van der Waals surface area contributed by atoms with Crippen LogP contribution in [0.4, 0.5) is 0 Å². The van der Waals surface area contributed by atoms with Gasteiger partial charge in [-0.1, -0.05) is 84.0 Å². The fourth-order valence-electron chi connectivity index (χ4n) is 3.70. The second-order valence-electron chi connectivity index (χ2n) is 8.06. The average Bonchev–Trinajstić information content (AvgIpc) is 3.05. The highest BCUT2D eigenvalue weighted by Crippen LogP contribution is 2.22. The van der Waals surface area contributed by atoms with Crippen LogP contribution in [-0.4, -0.2) is 58.0 Å². The van der Waals surface area contributed by atoms with Crippen LogP contribution in [0.15, 0.2) is 0 Å². The van der Waals surface area contributed by atoms with Crippen LogP contribution in [0.5, 0.6) is 0 Å². The van der Waals surface area contributed by atoms with Gasteiger partial charge in [0.25, 0.3) is 0 Å². The van der Waals surface area contributed by atoms with E-state index in [1.165, 1.54) is 70.6 Å². The minimum atomic E-state index is -1.07. The Labute approximate surface area is 176 Å². The van der Waals surface area contributed by atoms with Gasteiger partial charge in [0.1, 0.15) is 18.3 Å². The molecule has 0 unspecified atom stereocenters. The SMILES string of the molecule is CCCCCCCCCCCCCCCC(=S)O[C@@H]1[C@H]([C@@H](O)CO)OC[C@H]1O. The zero-order valence-electron chi connectivity index (χ0n) is 17.7. The molecular weight excluding hydrogens is 376 g/mol. The zero-order valence-corrected chi connectivity index (χ0v) is 18.5. The summed E-state index contributed by atoms with van der Waals surface area (Å²) in [6.07, 6.45) is 14.3. The average molecular weight is 419 g/mol. The van der Waals surface area contributed by atoms with Gasteiger partial charge in [-0.3, -0.25) is 0 Å². The fourth-order valence-corrected chi connectivity index (χ4v) is 3.95. The van der Waals surface area contributed by atoms with Crippen molar-refractivity contribution in [2.75, 3.05) is 13.2 Å². The van der Waals surface area contributed by atoms with Crippen molar-refractivity contribution in [3.05, 3.63) is 0 Å². The molecule has 1 heterocycles. The molecule has 6 heteroatoms. The predicted molar refractivity (Wildman–Crippen MR) is 117 cm³/mol. The lowest BCUT2D eigenvalue weighted by molar-refractivity contribution is -0.0642. The van der Waals surface area contributed by atoms with Crippen LogP contribution in [0.25, 0.3) is 0 Å². The Bertz CT molecular complexity index is 393. The van der Waals surface area contributed by atoms with Crippen LogP contribution >= 0.6 is 12.2 Å². The molecule has 0 aromatic rings. The second kappa shape index (κ2) is 16.5. The molecule has 3 N–H and O–H groups in total. The van der Waals surface area contributed by atoms with E-state index < -0.39 is 31.0 Å². The molecule has 1 saturated heterocycles. The molecule has 28 heavy (non-hydrogen) atoms. The van der Waals surface area contributed by atoms with Crippen molar-refractivity contribution in [2.45, 2.75) is 121 Å². The normalized spacial score (nSPS) is 23.1. The summed E-state index contributed by atoms with van der Waals surface area (Å²) >= 11 is 5.27. The van der Waals surface area contributed by atoms with E-state index in [0.29, 0.717) is 11.5 Å². The Hall–Kier alpha value is -0.270. The zero-order chi connectivity index (χ0) is 20.6. The lowest BCUT2D eigenvalue weighted by Gasteiger charge is -2.24. The third-order valence-corrected chi connectivity index (χ3v) is 5.78. The monoisotopic (exact) mass is 418 g/mol. The first-order chi connectivity index (χ1) is 13.6. The van der Waals surface area contributed by atoms with Crippen LogP contribution in [-0.2, 0) is 9.47 Å². The highest BCUT2D eigenvalue weighted by Gasteiger charge is 2.42. The maximum absolute atomic E-state index is 9.93. The van der Waals surface area contributed by atoms with Gasteiger partial charge in [0.05, 0.1) is 13.2 Å². The Morgan fingerprint density at radius 1 is 0.964 bits per heavy atom. The minimum Gasteiger partial charge on any atom is -0.478 e. The molecule has 1 aliphatic rings. The summed E-state index contributed by atoms with van der Waals surface area (Å²) in [5.41, 5.74) is 0. The molecule has 0 aromatic heterocycles. The molecule has 0 bridgehead atoms. The van der Waals surface area contributed by atoms with Gasteiger partial charge < -0.3 is 24.8 Å². The van der Waals surface area contributed by atoms with E-state index in [-0.39, 0.29) is 6.61 Å². The Morgan fingerprint density at radius 2 is 1.46 bits per heavy atom. The number of aliphatic hydroxyl groups is 3. The highest BCUT2D eigenvalue weighted by atomic mass is 32.1. The van der Waals surface area contributed by atoms with Crippen LogP contribution in [0.2, 0.25) is 0 Å². The van der Waals surface area contributed by atoms with Gasteiger partial charge in [0.15, 0.2) is 11.2 Å². The Kier molecular flexibility index (Phi) is 15.2. The number of hydrogen-bond donors (Lipinski definition) is 3. The molecule has 0 spiro atoms. The van der Waals surface area contributed by atoms with Gasteiger partial charge in [-0.15, -0.1) is 0 Å². The minimum absolute atomic E-state index is 0.0910. The molecule has 1 rings (SSSR count). The van der Waals surface area contributed by atoms with Crippen LogP contribution < -0.4 is 0 Å². The topological polar surface area (TPSA) is 79.2 Å². The highest BCUT2D eigenvalue weighted by molar-refractivity contribution is 7.80. The lowest BCUT2D eigenvalue weighted by Crippen LogP contribution is -2.43. The molecule has 1 aliphatic heterocycles. The molecular formula is C22H42O5S. The van der Waals surface area contributed by atoms with E-state index in [2.05, 4.69) is 6.92 Å². The first kappa shape index (κ1) is 25.8. The molecule has 0 saturated carbocycles. The summed E-state index contributed by atoms with van der Waals surface area (Å²) in [7, 11) is 0. The maximum Gasteiger partial charge on any atom is 0.160 e. The van der Waals surface area contributed by atoms with E-state index in [1.807, 2.05) is 0 Å². The van der Waals surface area contributed by atoms with Gasteiger partial charge in [0.2, 0.25) is 0 Å². The van der Waals surface area contributed by atoms with Crippen molar-refractivity contribution in [1.82, 2.24) is 0 Å². The smallest absolute Gasteiger partial charge is 0.160 e. The molecule has 0 amide bonds. The van der Waals surface area contributed by atoms with Crippen molar-refractivity contribution in [1.29, 1.82) is 0 Å². The first-order valence-electron chi connectivity index (χ1n) is 11.4. The number of hydrogen-bond acceptors (Lipinski definition) is 6. The third-order valence-electron chi connectivity index (χ3n) is 5.48. The third kappa shape index (κ3) is 11.1. The molecule has 0 aliphatic carbocycles. The number of unbranched alkanes of at least 4 members (excludes halogenated alkanes) is 12. The van der Waals surface area contributed by atoms with E-state index in [1.54, 1.807) is 0 Å². The van der Waals surface area contributed by atoms with Crippen molar-refractivity contribution in [3.8, 4) is 0 Å². The van der Waals surface area contributed by atoms with Crippen molar-refractivity contribution in [2.24, 2.45) is 0 Å². The molecule has 5 nitrogen and oxygen atoms in total. The summed E-state index contributed by atoms with van der Waals surface area (Å²) in [6.45, 7) is 1.92. The van der Waals surface area contributed by atoms with E-state index in [9.17, 15) is 10.2 Å². The van der Waals surface area contributed by atoms with Crippen LogP contribution in [0.1, 0.15) is 96.8 Å². The largest absolute Gasteiger partial charge is 0.478 e. The number of rotatable bonds is 17. The quantitative estimate of drug-likeness (QED) is 0.241. The molecule has 1 fully saturated rings. The maximum atomic E-state index is 9.93. The lowest BCUT2D eigenvalue weighted by atomic mass is 10.0. The van der Waals surface area contributed by atoms with E-state index >= 15 is 0 Å². The van der Waals surface area contributed by atoms with Gasteiger partial charge in [-0.2, -0.15) is 0 Å². The van der Waals surface area contributed by atoms with Crippen molar-refractivity contribution >= 4 is 17.3 Å². The van der Waals surface area contributed by atoms with E-state index in [0.717, 1.165) is 12.8 Å². The second-order valence-corrected chi connectivity index (χ2v) is 8.52. The van der Waals surface area contributed by atoms with Crippen LogP contribution in [0, 0.1) is 0 Å². The van der Waals surface area contributed by atoms with Gasteiger partial charge in [-0.25, -0.2) is 0 Å². The fraction of sp³-hybridized carbons (Fsp3) is 0.955. The number of thiocarbonyl (C=S) groups is 1. The summed E-state index contributed by atoms with van der Waals surface area (Å²) in [6, 6.07) is 0. The number of aliphatic hydroxyl groups excluding tert-OH is 3. The summed E-state index contributed by atoms with van der Waals surface area (Å²) in [5, 5.41) is 29.2. The van der Waals surface area contributed by atoms with Gasteiger partial charge in [-0.05, 0) is 18.6 Å². The van der Waals surface area contributed by atoms with Crippen molar-refractivity contribution < 1.29 is 24.8 Å². The molecule has 166 valence electrons. The summed E-state index contributed by atoms with van der Waals surface area (Å²) in [4.78, 5) is 0. The van der Waals surface area contributed by atoms with Crippen LogP contribution in [0.3, 0.4) is 0 Å². The van der Waals surface area contributed by atoms with Gasteiger partial charge in [0, 0.05) is 6.42 Å². The molecule has 0 radical (unpaired) electrons. The molecule has 4 atom stereocenters.